The van der Waals surface area contributed by atoms with Gasteiger partial charge >= 0.3 is 0 Å². The summed E-state index contributed by atoms with van der Waals surface area (Å²) in [6.07, 6.45) is 0. The topological polar surface area (TPSA) is 90.7 Å². The van der Waals surface area contributed by atoms with Gasteiger partial charge in [-0.15, -0.1) is 24.8 Å². The fraction of sp³-hybridized carbons (Fsp3) is 0.333. The number of hydrogen-bond donors (Lipinski definition) is 3. The maximum Gasteiger partial charge on any atom is 0.146 e. The van der Waals surface area contributed by atoms with Crippen LogP contribution in [0.2, 0.25) is 0 Å². The minimum atomic E-state index is -0.0634. The summed E-state index contributed by atoms with van der Waals surface area (Å²) in [7, 11) is 1.51. The summed E-state index contributed by atoms with van der Waals surface area (Å²) in [5, 5.41) is 8.58. The summed E-state index contributed by atoms with van der Waals surface area (Å²) in [4.78, 5) is 0. The Hall–Kier alpha value is -1.04. The second-order valence-electron chi connectivity index (χ2n) is 2.70. The molecule has 1 aromatic rings. The van der Waals surface area contributed by atoms with E-state index in [4.69, 9.17) is 26.0 Å². The van der Waals surface area contributed by atoms with Gasteiger partial charge in [0.05, 0.1) is 25.1 Å². The van der Waals surface area contributed by atoms with E-state index in [0.29, 0.717) is 22.9 Å². The highest BCUT2D eigenvalue weighted by atomic mass is 35.5. The van der Waals surface area contributed by atoms with Gasteiger partial charge in [0.1, 0.15) is 18.1 Å². The summed E-state index contributed by atoms with van der Waals surface area (Å²) in [6, 6.07) is 3.16. The van der Waals surface area contributed by atoms with Crippen molar-refractivity contribution in [3.63, 3.8) is 0 Å². The van der Waals surface area contributed by atoms with Gasteiger partial charge < -0.3 is 26.0 Å². The Morgan fingerprint density at radius 1 is 1.12 bits per heavy atom. The molecule has 0 saturated heterocycles. The zero-order chi connectivity index (χ0) is 10.6. The number of nitrogen functional groups attached to an aromatic ring is 2. The van der Waals surface area contributed by atoms with Gasteiger partial charge in [0.2, 0.25) is 0 Å². The van der Waals surface area contributed by atoms with Crippen LogP contribution >= 0.6 is 24.8 Å². The first-order valence-electron chi connectivity index (χ1n) is 4.15. The maximum atomic E-state index is 8.58. The lowest BCUT2D eigenvalue weighted by Gasteiger charge is -2.11. The molecule has 0 heterocycles. The number of ether oxygens (including phenoxy) is 2. The van der Waals surface area contributed by atoms with E-state index in [1.807, 2.05) is 0 Å². The smallest absolute Gasteiger partial charge is 0.146 e. The van der Waals surface area contributed by atoms with Crippen LogP contribution in [0.5, 0.6) is 11.5 Å². The average molecular weight is 271 g/mol. The van der Waals surface area contributed by atoms with Crippen LogP contribution in [0.25, 0.3) is 0 Å². The normalized spacial score (nSPS) is 8.62. The monoisotopic (exact) mass is 270 g/mol. The molecule has 5 N–H and O–H groups in total. The van der Waals surface area contributed by atoms with Gasteiger partial charge in [-0.3, -0.25) is 0 Å². The SMILES string of the molecule is COc1cc(OCCO)c(N)cc1N.Cl.Cl. The molecule has 0 saturated carbocycles. The van der Waals surface area contributed by atoms with Gasteiger partial charge in [0, 0.05) is 6.07 Å². The van der Waals surface area contributed by atoms with Crippen molar-refractivity contribution in [1.29, 1.82) is 0 Å². The number of nitrogens with two attached hydrogens (primary N) is 2. The second-order valence-corrected chi connectivity index (χ2v) is 2.70. The van der Waals surface area contributed by atoms with Crippen LogP contribution in [0, 0.1) is 0 Å². The molecule has 94 valence electrons. The molecule has 0 aromatic heterocycles. The van der Waals surface area contributed by atoms with Crippen LogP contribution in [0.3, 0.4) is 0 Å². The third-order valence-electron chi connectivity index (χ3n) is 1.71. The largest absolute Gasteiger partial charge is 0.494 e. The molecule has 0 aliphatic carbocycles. The number of anilines is 2. The van der Waals surface area contributed by atoms with Crippen LogP contribution < -0.4 is 20.9 Å². The molecule has 0 spiro atoms. The highest BCUT2D eigenvalue weighted by Gasteiger charge is 2.06. The summed E-state index contributed by atoms with van der Waals surface area (Å²) in [6.45, 7) is 0.128. The molecule has 0 radical (unpaired) electrons. The number of rotatable bonds is 4. The van der Waals surface area contributed by atoms with Crippen LogP contribution in [0.15, 0.2) is 12.1 Å². The van der Waals surface area contributed by atoms with Crippen LogP contribution in [-0.4, -0.2) is 25.4 Å². The number of hydrogen-bond acceptors (Lipinski definition) is 5. The first kappa shape index (κ1) is 17.4. The van der Waals surface area contributed by atoms with Crippen molar-refractivity contribution in [3.05, 3.63) is 12.1 Å². The molecular formula is C9H16Cl2N2O3. The lowest BCUT2D eigenvalue weighted by atomic mass is 10.2. The number of aliphatic hydroxyl groups is 1. The van der Waals surface area contributed by atoms with Gasteiger partial charge in [0.25, 0.3) is 0 Å². The summed E-state index contributed by atoms with van der Waals surface area (Å²) in [5.41, 5.74) is 12.2. The molecule has 1 aromatic carbocycles. The molecule has 0 aliphatic heterocycles. The van der Waals surface area contributed by atoms with Crippen molar-refractivity contribution in [2.24, 2.45) is 0 Å². The molecule has 7 heteroatoms. The molecule has 0 atom stereocenters. The van der Waals surface area contributed by atoms with E-state index in [9.17, 15) is 0 Å². The number of aliphatic hydroxyl groups excluding tert-OH is 1. The zero-order valence-electron chi connectivity index (χ0n) is 8.80. The van der Waals surface area contributed by atoms with Gasteiger partial charge in [-0.05, 0) is 6.07 Å². The van der Waals surface area contributed by atoms with Gasteiger partial charge in [-0.25, -0.2) is 0 Å². The summed E-state index contributed by atoms with van der Waals surface area (Å²) < 4.78 is 10.2. The summed E-state index contributed by atoms with van der Waals surface area (Å²) >= 11 is 0. The predicted octanol–water partition coefficient (Wildman–Crippen LogP) is 1.07. The quantitative estimate of drug-likeness (QED) is 0.713. The molecule has 0 aliphatic rings. The summed E-state index contributed by atoms with van der Waals surface area (Å²) in [5.74, 6) is 0.970. The van der Waals surface area contributed by atoms with E-state index in [2.05, 4.69) is 0 Å². The molecule has 1 rings (SSSR count). The zero-order valence-corrected chi connectivity index (χ0v) is 10.4. The fourth-order valence-corrected chi connectivity index (χ4v) is 1.05. The standard InChI is InChI=1S/C9H14N2O3.2ClH/c1-13-8-5-9(14-3-2-12)7(11)4-6(8)10;;/h4-5,12H,2-3,10-11H2,1H3;2*1H. The molecule has 0 bridgehead atoms. The van der Waals surface area contributed by atoms with Gasteiger partial charge in [-0.2, -0.15) is 0 Å². The van der Waals surface area contributed by atoms with Crippen LogP contribution in [-0.2, 0) is 0 Å². The second kappa shape index (κ2) is 8.15. The molecule has 0 unspecified atom stereocenters. The molecule has 5 nitrogen and oxygen atoms in total. The van der Waals surface area contributed by atoms with E-state index in [1.54, 1.807) is 12.1 Å². The van der Waals surface area contributed by atoms with E-state index < -0.39 is 0 Å². The highest BCUT2D eigenvalue weighted by molar-refractivity contribution is 5.85. The van der Waals surface area contributed by atoms with Crippen LogP contribution in [0.1, 0.15) is 0 Å². The van der Waals surface area contributed by atoms with E-state index in [1.165, 1.54) is 7.11 Å². The Bertz CT molecular complexity index is 324. The average Bonchev–Trinajstić information content (AvgIpc) is 2.17. The first-order valence-corrected chi connectivity index (χ1v) is 4.15. The highest BCUT2D eigenvalue weighted by Crippen LogP contribution is 2.32. The predicted molar refractivity (Wildman–Crippen MR) is 68.9 cm³/mol. The third-order valence-corrected chi connectivity index (χ3v) is 1.71. The Morgan fingerprint density at radius 2 is 1.69 bits per heavy atom. The van der Waals surface area contributed by atoms with Gasteiger partial charge in [-0.1, -0.05) is 0 Å². The van der Waals surface area contributed by atoms with Crippen molar-refractivity contribution in [3.8, 4) is 11.5 Å². The lowest BCUT2D eigenvalue weighted by molar-refractivity contribution is 0.201. The number of methoxy groups -OCH3 is 1. The molecule has 0 fully saturated rings. The van der Waals surface area contributed by atoms with Crippen molar-refractivity contribution in [2.75, 3.05) is 31.8 Å². The molecular weight excluding hydrogens is 255 g/mol. The van der Waals surface area contributed by atoms with E-state index in [-0.39, 0.29) is 38.0 Å². The van der Waals surface area contributed by atoms with Crippen molar-refractivity contribution >= 4 is 36.2 Å². The molecule has 16 heavy (non-hydrogen) atoms. The Balaban J connectivity index is 0. The van der Waals surface area contributed by atoms with E-state index >= 15 is 0 Å². The minimum Gasteiger partial charge on any atom is -0.494 e. The molecule has 0 amide bonds. The maximum absolute atomic E-state index is 8.58. The fourth-order valence-electron chi connectivity index (χ4n) is 1.05. The van der Waals surface area contributed by atoms with Gasteiger partial charge in [0.15, 0.2) is 0 Å². The Morgan fingerprint density at radius 3 is 2.19 bits per heavy atom. The Labute approximate surface area is 107 Å². The third kappa shape index (κ3) is 4.22. The number of halogens is 2. The van der Waals surface area contributed by atoms with Crippen LogP contribution in [0.4, 0.5) is 11.4 Å². The lowest BCUT2D eigenvalue weighted by Crippen LogP contribution is -2.05. The van der Waals surface area contributed by atoms with E-state index in [0.717, 1.165) is 0 Å². The number of benzene rings is 1. The Kier molecular flexibility index (Phi) is 8.84. The van der Waals surface area contributed by atoms with Crippen molar-refractivity contribution < 1.29 is 14.6 Å². The van der Waals surface area contributed by atoms with Crippen molar-refractivity contribution in [2.45, 2.75) is 0 Å². The minimum absolute atomic E-state index is 0. The first-order chi connectivity index (χ1) is 6.69. The van der Waals surface area contributed by atoms with Crippen molar-refractivity contribution in [1.82, 2.24) is 0 Å².